The predicted molar refractivity (Wildman–Crippen MR) is 124 cm³/mol. The van der Waals surface area contributed by atoms with Crippen LogP contribution in [0.15, 0.2) is 60.7 Å². The molecule has 0 bridgehead atoms. The number of aliphatic hydroxyl groups is 3. The van der Waals surface area contributed by atoms with Gasteiger partial charge < -0.3 is 20.1 Å². The van der Waals surface area contributed by atoms with Crippen LogP contribution in [0, 0.1) is 6.92 Å². The van der Waals surface area contributed by atoms with E-state index >= 15 is 0 Å². The molecule has 0 aliphatic rings. The van der Waals surface area contributed by atoms with Crippen LogP contribution in [0.1, 0.15) is 47.6 Å². The lowest BCUT2D eigenvalue weighted by Crippen LogP contribution is -2.05. The van der Waals surface area contributed by atoms with Crippen LogP contribution in [0.5, 0.6) is 5.75 Å². The zero-order valence-corrected chi connectivity index (χ0v) is 18.3. The Hall–Kier alpha value is -2.66. The van der Waals surface area contributed by atoms with Crippen molar-refractivity contribution in [3.8, 4) is 16.9 Å². The highest BCUT2D eigenvalue weighted by atomic mass is 16.5. The molecule has 0 amide bonds. The Labute approximate surface area is 184 Å². The largest absolute Gasteiger partial charge is 0.489 e. The Morgan fingerprint density at radius 3 is 2.19 bits per heavy atom. The Morgan fingerprint density at radius 2 is 1.55 bits per heavy atom. The molecule has 0 saturated carbocycles. The molecule has 3 rings (SSSR count). The van der Waals surface area contributed by atoms with Crippen LogP contribution >= 0.6 is 0 Å². The van der Waals surface area contributed by atoms with E-state index in [9.17, 15) is 15.3 Å². The van der Waals surface area contributed by atoms with Crippen molar-refractivity contribution < 1.29 is 20.1 Å². The topological polar surface area (TPSA) is 69.9 Å². The molecule has 4 heteroatoms. The molecule has 0 radical (unpaired) electrons. The lowest BCUT2D eigenvalue weighted by molar-refractivity contribution is 0.160. The molecule has 1 atom stereocenters. The van der Waals surface area contributed by atoms with Gasteiger partial charge in [0.05, 0.1) is 19.3 Å². The fourth-order valence-corrected chi connectivity index (χ4v) is 3.71. The molecule has 1 unspecified atom stereocenters. The van der Waals surface area contributed by atoms with Crippen molar-refractivity contribution in [3.63, 3.8) is 0 Å². The standard InChI is InChI=1S/C27H32O4/c1-3-25(30)10-5-20-6-13-27(19(2)14-20)22-8-11-26(12-9-22)31-18-21-4-7-23(16-28)24(15-21)17-29/h4,6-9,11-15,25,28-30H,3,5,10,16-18H2,1-2H3. The van der Waals surface area contributed by atoms with Gasteiger partial charge in [0.1, 0.15) is 12.4 Å². The summed E-state index contributed by atoms with van der Waals surface area (Å²) in [5.74, 6) is 0.781. The smallest absolute Gasteiger partial charge is 0.119 e. The third kappa shape index (κ3) is 6.17. The second-order valence-corrected chi connectivity index (χ2v) is 7.98. The molecule has 164 valence electrons. The summed E-state index contributed by atoms with van der Waals surface area (Å²) in [6, 6.07) is 20.2. The summed E-state index contributed by atoms with van der Waals surface area (Å²) < 4.78 is 5.90. The van der Waals surface area contributed by atoms with Gasteiger partial charge in [0.15, 0.2) is 0 Å². The number of benzene rings is 3. The first-order chi connectivity index (χ1) is 15.0. The minimum Gasteiger partial charge on any atom is -0.489 e. The molecule has 31 heavy (non-hydrogen) atoms. The fraction of sp³-hybridized carbons (Fsp3) is 0.333. The summed E-state index contributed by atoms with van der Waals surface area (Å²) in [6.07, 6.45) is 2.25. The third-order valence-electron chi connectivity index (χ3n) is 5.71. The summed E-state index contributed by atoms with van der Waals surface area (Å²) in [7, 11) is 0. The maximum Gasteiger partial charge on any atom is 0.119 e. The van der Waals surface area contributed by atoms with Crippen LogP contribution in [0.2, 0.25) is 0 Å². The average molecular weight is 421 g/mol. The number of aliphatic hydroxyl groups excluding tert-OH is 3. The second-order valence-electron chi connectivity index (χ2n) is 7.98. The third-order valence-corrected chi connectivity index (χ3v) is 5.71. The van der Waals surface area contributed by atoms with Gasteiger partial charge in [-0.15, -0.1) is 0 Å². The Kier molecular flexibility index (Phi) is 8.24. The van der Waals surface area contributed by atoms with E-state index < -0.39 is 0 Å². The number of ether oxygens (including phenoxy) is 1. The minimum atomic E-state index is -0.227. The van der Waals surface area contributed by atoms with Gasteiger partial charge in [0.2, 0.25) is 0 Å². The predicted octanol–water partition coefficient (Wildman–Crippen LogP) is 4.93. The quantitative estimate of drug-likeness (QED) is 0.435. The molecule has 4 nitrogen and oxygen atoms in total. The van der Waals surface area contributed by atoms with Crippen molar-refractivity contribution in [2.45, 2.75) is 59.0 Å². The van der Waals surface area contributed by atoms with Crippen LogP contribution in [0.25, 0.3) is 11.1 Å². The van der Waals surface area contributed by atoms with Gasteiger partial charge in [-0.3, -0.25) is 0 Å². The highest BCUT2D eigenvalue weighted by Crippen LogP contribution is 2.27. The fourth-order valence-electron chi connectivity index (χ4n) is 3.71. The first-order valence-electron chi connectivity index (χ1n) is 10.9. The first kappa shape index (κ1) is 23.0. The minimum absolute atomic E-state index is 0.0837. The van der Waals surface area contributed by atoms with Gasteiger partial charge in [0, 0.05) is 0 Å². The summed E-state index contributed by atoms with van der Waals surface area (Å²) >= 11 is 0. The van der Waals surface area contributed by atoms with Gasteiger partial charge in [-0.1, -0.05) is 49.4 Å². The Morgan fingerprint density at radius 1 is 0.839 bits per heavy atom. The van der Waals surface area contributed by atoms with Gasteiger partial charge in [-0.2, -0.15) is 0 Å². The van der Waals surface area contributed by atoms with E-state index in [-0.39, 0.29) is 19.3 Å². The summed E-state index contributed by atoms with van der Waals surface area (Å²) in [6.45, 7) is 4.34. The van der Waals surface area contributed by atoms with Crippen LogP contribution in [0.3, 0.4) is 0 Å². The maximum atomic E-state index is 9.78. The molecule has 0 aliphatic carbocycles. The monoisotopic (exact) mass is 420 g/mol. The molecule has 3 aromatic rings. The number of aryl methyl sites for hydroxylation is 2. The highest BCUT2D eigenvalue weighted by molar-refractivity contribution is 5.68. The molecular formula is C27H32O4. The molecule has 0 saturated heterocycles. The average Bonchev–Trinajstić information content (AvgIpc) is 2.81. The lowest BCUT2D eigenvalue weighted by atomic mass is 9.96. The van der Waals surface area contributed by atoms with Gasteiger partial charge in [-0.05, 0) is 83.3 Å². The van der Waals surface area contributed by atoms with Gasteiger partial charge in [-0.25, -0.2) is 0 Å². The van der Waals surface area contributed by atoms with Crippen LogP contribution < -0.4 is 4.74 Å². The second kappa shape index (κ2) is 11.1. The molecule has 0 heterocycles. The van der Waals surface area contributed by atoms with E-state index in [0.29, 0.717) is 6.61 Å². The Balaban J connectivity index is 1.63. The summed E-state index contributed by atoms with van der Waals surface area (Å²) in [5.41, 5.74) is 7.21. The van der Waals surface area contributed by atoms with Crippen molar-refractivity contribution in [1.29, 1.82) is 0 Å². The van der Waals surface area contributed by atoms with Crippen molar-refractivity contribution in [2.75, 3.05) is 0 Å². The molecule has 3 N–H and O–H groups in total. The van der Waals surface area contributed by atoms with E-state index in [2.05, 4.69) is 37.3 Å². The maximum absolute atomic E-state index is 9.78. The van der Waals surface area contributed by atoms with E-state index in [1.165, 1.54) is 16.7 Å². The molecule has 0 fully saturated rings. The first-order valence-corrected chi connectivity index (χ1v) is 10.9. The molecule has 0 spiro atoms. The normalized spacial score (nSPS) is 12.0. The van der Waals surface area contributed by atoms with Gasteiger partial charge >= 0.3 is 0 Å². The zero-order valence-electron chi connectivity index (χ0n) is 18.3. The van der Waals surface area contributed by atoms with Crippen molar-refractivity contribution in [1.82, 2.24) is 0 Å². The Bertz CT molecular complexity index is 979. The highest BCUT2D eigenvalue weighted by Gasteiger charge is 2.07. The summed E-state index contributed by atoms with van der Waals surface area (Å²) in [4.78, 5) is 0. The summed E-state index contributed by atoms with van der Waals surface area (Å²) in [5, 5.41) is 28.5. The van der Waals surface area contributed by atoms with Crippen LogP contribution in [0.4, 0.5) is 0 Å². The van der Waals surface area contributed by atoms with Gasteiger partial charge in [0.25, 0.3) is 0 Å². The SMILES string of the molecule is CCC(O)CCc1ccc(-c2ccc(OCc3ccc(CO)c(CO)c3)cc2)c(C)c1. The lowest BCUT2D eigenvalue weighted by Gasteiger charge is -2.12. The number of rotatable bonds is 10. The van der Waals surface area contributed by atoms with E-state index in [1.807, 2.05) is 37.3 Å². The molecule has 0 aromatic heterocycles. The van der Waals surface area contributed by atoms with Crippen LogP contribution in [-0.2, 0) is 26.2 Å². The van der Waals surface area contributed by atoms with Crippen molar-refractivity contribution in [2.24, 2.45) is 0 Å². The van der Waals surface area contributed by atoms with E-state index in [1.54, 1.807) is 0 Å². The van der Waals surface area contributed by atoms with E-state index in [4.69, 9.17) is 4.74 Å². The van der Waals surface area contributed by atoms with Crippen LogP contribution in [-0.4, -0.2) is 21.4 Å². The van der Waals surface area contributed by atoms with Crippen molar-refractivity contribution in [3.05, 3.63) is 88.5 Å². The zero-order chi connectivity index (χ0) is 22.2. The molecule has 0 aliphatic heterocycles. The number of hydrogen-bond donors (Lipinski definition) is 3. The van der Waals surface area contributed by atoms with Crippen molar-refractivity contribution >= 4 is 0 Å². The number of hydrogen-bond acceptors (Lipinski definition) is 4. The molecular weight excluding hydrogens is 388 g/mol. The molecule has 3 aromatic carbocycles. The van der Waals surface area contributed by atoms with E-state index in [0.717, 1.165) is 47.3 Å².